The maximum absolute atomic E-state index is 12.8. The third-order valence-electron chi connectivity index (χ3n) is 5.81. The van der Waals surface area contributed by atoms with Crippen LogP contribution in [-0.4, -0.2) is 38.6 Å². The van der Waals surface area contributed by atoms with E-state index in [4.69, 9.17) is 4.98 Å². The molecular formula is C26H22N4O3. The molecule has 7 nitrogen and oxygen atoms in total. The zero-order valence-electron chi connectivity index (χ0n) is 18.1. The highest BCUT2D eigenvalue weighted by Crippen LogP contribution is 2.30. The number of aromatic nitrogens is 2. The van der Waals surface area contributed by atoms with Crippen molar-refractivity contribution in [3.63, 3.8) is 0 Å². The van der Waals surface area contributed by atoms with E-state index in [1.165, 1.54) is 4.90 Å². The number of fused-ring (bicyclic) bond motifs is 2. The first-order valence-corrected chi connectivity index (χ1v) is 10.8. The second-order valence-electron chi connectivity index (χ2n) is 8.02. The fourth-order valence-electron chi connectivity index (χ4n) is 4.16. The molecule has 1 N–H and O–H groups in total. The highest BCUT2D eigenvalue weighted by molar-refractivity contribution is 6.21. The minimum atomic E-state index is -0.306. The highest BCUT2D eigenvalue weighted by atomic mass is 16.2. The zero-order valence-corrected chi connectivity index (χ0v) is 18.1. The summed E-state index contributed by atoms with van der Waals surface area (Å²) in [6.45, 7) is 2.17. The molecule has 2 aromatic carbocycles. The first-order valence-electron chi connectivity index (χ1n) is 10.8. The van der Waals surface area contributed by atoms with E-state index in [0.717, 1.165) is 16.8 Å². The van der Waals surface area contributed by atoms with Crippen LogP contribution in [-0.2, 0) is 4.79 Å². The molecule has 4 aromatic rings. The third kappa shape index (κ3) is 3.67. The predicted octanol–water partition coefficient (Wildman–Crippen LogP) is 4.32. The van der Waals surface area contributed by atoms with Crippen molar-refractivity contribution in [2.75, 3.05) is 11.9 Å². The molecule has 7 heteroatoms. The molecule has 3 heterocycles. The Morgan fingerprint density at radius 3 is 2.27 bits per heavy atom. The molecule has 0 saturated heterocycles. The number of carbonyl (C=O) groups is 3. The Balaban J connectivity index is 1.32. The number of benzene rings is 2. The fourth-order valence-corrected chi connectivity index (χ4v) is 4.16. The van der Waals surface area contributed by atoms with Gasteiger partial charge in [0, 0.05) is 24.7 Å². The van der Waals surface area contributed by atoms with Crippen LogP contribution in [0.2, 0.25) is 0 Å². The van der Waals surface area contributed by atoms with E-state index in [1.807, 2.05) is 60.0 Å². The van der Waals surface area contributed by atoms with Crippen LogP contribution in [0.4, 0.5) is 5.82 Å². The Bertz CT molecular complexity index is 1360. The number of hydrogen-bond acceptors (Lipinski definition) is 4. The summed E-state index contributed by atoms with van der Waals surface area (Å²) in [6, 6.07) is 20.4. The summed E-state index contributed by atoms with van der Waals surface area (Å²) in [5.74, 6) is -0.211. The van der Waals surface area contributed by atoms with E-state index in [1.54, 1.807) is 24.3 Å². The summed E-state index contributed by atoms with van der Waals surface area (Å²) in [5, 5.41) is 3.00. The molecule has 0 unspecified atom stereocenters. The van der Waals surface area contributed by atoms with Gasteiger partial charge in [-0.1, -0.05) is 48.5 Å². The molecule has 0 aliphatic carbocycles. The topological polar surface area (TPSA) is 83.8 Å². The summed E-state index contributed by atoms with van der Waals surface area (Å²) in [6.07, 6.45) is 2.41. The van der Waals surface area contributed by atoms with E-state index in [9.17, 15) is 14.4 Å². The summed E-state index contributed by atoms with van der Waals surface area (Å²) in [5.41, 5.74) is 4.21. The van der Waals surface area contributed by atoms with E-state index in [2.05, 4.69) is 5.32 Å². The lowest BCUT2D eigenvalue weighted by atomic mass is 10.1. The lowest BCUT2D eigenvalue weighted by molar-refractivity contribution is -0.116. The number of pyridine rings is 1. The number of carbonyl (C=O) groups excluding carboxylic acids is 3. The number of hydrogen-bond donors (Lipinski definition) is 1. The van der Waals surface area contributed by atoms with Gasteiger partial charge in [0.2, 0.25) is 5.91 Å². The summed E-state index contributed by atoms with van der Waals surface area (Å²) < 4.78 is 1.87. The van der Waals surface area contributed by atoms with Crippen LogP contribution in [0.15, 0.2) is 72.9 Å². The van der Waals surface area contributed by atoms with Crippen molar-refractivity contribution in [1.82, 2.24) is 14.3 Å². The second kappa shape index (κ2) is 8.35. The van der Waals surface area contributed by atoms with Gasteiger partial charge in [0.05, 0.1) is 11.1 Å². The Hall–Kier alpha value is -4.26. The van der Waals surface area contributed by atoms with Crippen LogP contribution in [0.1, 0.15) is 39.1 Å². The molecular weight excluding hydrogens is 416 g/mol. The van der Waals surface area contributed by atoms with Crippen molar-refractivity contribution < 1.29 is 14.4 Å². The number of nitrogens with one attached hydrogen (secondary N) is 1. The molecule has 0 bridgehead atoms. The van der Waals surface area contributed by atoms with Gasteiger partial charge in [-0.15, -0.1) is 0 Å². The van der Waals surface area contributed by atoms with E-state index in [0.29, 0.717) is 29.1 Å². The molecule has 0 atom stereocenters. The minimum absolute atomic E-state index is 0.167. The molecule has 0 spiro atoms. The lowest BCUT2D eigenvalue weighted by Crippen LogP contribution is -2.31. The summed E-state index contributed by atoms with van der Waals surface area (Å²) in [7, 11) is 0. The SMILES string of the molecule is Cc1cccn2c(NC(=O)CCCN3C(=O)c4ccccc4C3=O)c(-c3ccccc3)nc12. The number of anilines is 1. The molecule has 0 saturated carbocycles. The van der Waals surface area contributed by atoms with E-state index >= 15 is 0 Å². The molecule has 0 radical (unpaired) electrons. The number of imidazole rings is 1. The standard InChI is InChI=1S/C26H22N4O3/c1-17-9-7-15-29-23(17)28-22(18-10-3-2-4-11-18)24(29)27-21(31)14-8-16-30-25(32)19-12-5-6-13-20(19)26(30)33/h2-7,9-13,15H,8,14,16H2,1H3,(H,27,31). The van der Waals surface area contributed by atoms with Gasteiger partial charge in [0.15, 0.2) is 0 Å². The number of amides is 3. The van der Waals surface area contributed by atoms with Crippen LogP contribution in [0, 0.1) is 6.92 Å². The van der Waals surface area contributed by atoms with Crippen molar-refractivity contribution in [1.29, 1.82) is 0 Å². The Labute approximate surface area is 190 Å². The molecule has 1 aliphatic rings. The maximum Gasteiger partial charge on any atom is 0.261 e. The van der Waals surface area contributed by atoms with Crippen molar-refractivity contribution in [3.05, 3.63) is 89.6 Å². The van der Waals surface area contributed by atoms with Gasteiger partial charge in [-0.3, -0.25) is 23.7 Å². The third-order valence-corrected chi connectivity index (χ3v) is 5.81. The zero-order chi connectivity index (χ0) is 22.9. The molecule has 0 fully saturated rings. The van der Waals surface area contributed by atoms with Gasteiger partial charge >= 0.3 is 0 Å². The number of rotatable bonds is 6. The summed E-state index contributed by atoms with van der Waals surface area (Å²) >= 11 is 0. The minimum Gasteiger partial charge on any atom is -0.310 e. The molecule has 3 amide bonds. The van der Waals surface area contributed by atoms with Crippen LogP contribution < -0.4 is 5.32 Å². The first kappa shape index (κ1) is 20.6. The van der Waals surface area contributed by atoms with Crippen LogP contribution in [0.3, 0.4) is 0 Å². The maximum atomic E-state index is 12.8. The Kier molecular flexibility index (Phi) is 5.22. The average molecular weight is 438 g/mol. The van der Waals surface area contributed by atoms with Crippen molar-refractivity contribution in [2.24, 2.45) is 0 Å². The molecule has 2 aromatic heterocycles. The van der Waals surface area contributed by atoms with Gasteiger partial charge in [-0.2, -0.15) is 0 Å². The Morgan fingerprint density at radius 1 is 0.909 bits per heavy atom. The van der Waals surface area contributed by atoms with Gasteiger partial charge in [-0.25, -0.2) is 4.98 Å². The fraction of sp³-hybridized carbons (Fsp3) is 0.154. The van der Waals surface area contributed by atoms with Gasteiger partial charge < -0.3 is 5.32 Å². The number of nitrogens with zero attached hydrogens (tertiary/aromatic N) is 3. The molecule has 33 heavy (non-hydrogen) atoms. The predicted molar refractivity (Wildman–Crippen MR) is 125 cm³/mol. The van der Waals surface area contributed by atoms with Crippen molar-refractivity contribution in [3.8, 4) is 11.3 Å². The second-order valence-corrected chi connectivity index (χ2v) is 8.02. The first-order chi connectivity index (χ1) is 16.0. The number of imide groups is 1. The van der Waals surface area contributed by atoms with Gasteiger partial charge in [-0.05, 0) is 37.1 Å². The van der Waals surface area contributed by atoms with Crippen LogP contribution in [0.25, 0.3) is 16.9 Å². The normalized spacial score (nSPS) is 12.9. The van der Waals surface area contributed by atoms with Crippen molar-refractivity contribution in [2.45, 2.75) is 19.8 Å². The molecule has 5 rings (SSSR count). The van der Waals surface area contributed by atoms with Crippen LogP contribution in [0.5, 0.6) is 0 Å². The van der Waals surface area contributed by atoms with Gasteiger partial charge in [0.1, 0.15) is 17.2 Å². The number of aryl methyl sites for hydroxylation is 1. The molecule has 164 valence electrons. The highest BCUT2D eigenvalue weighted by Gasteiger charge is 2.34. The van der Waals surface area contributed by atoms with Gasteiger partial charge in [0.25, 0.3) is 11.8 Å². The summed E-state index contributed by atoms with van der Waals surface area (Å²) in [4.78, 5) is 43.8. The average Bonchev–Trinajstić information content (AvgIpc) is 3.32. The van der Waals surface area contributed by atoms with Crippen LogP contribution >= 0.6 is 0 Å². The van der Waals surface area contributed by atoms with E-state index in [-0.39, 0.29) is 30.7 Å². The Morgan fingerprint density at radius 2 is 1.58 bits per heavy atom. The quantitative estimate of drug-likeness (QED) is 0.454. The smallest absolute Gasteiger partial charge is 0.261 e. The molecule has 1 aliphatic heterocycles. The lowest BCUT2D eigenvalue weighted by Gasteiger charge is -2.13. The monoisotopic (exact) mass is 438 g/mol. The van der Waals surface area contributed by atoms with Crippen molar-refractivity contribution >= 4 is 29.2 Å². The van der Waals surface area contributed by atoms with E-state index < -0.39 is 0 Å². The largest absolute Gasteiger partial charge is 0.310 e.